The Kier molecular flexibility index (Phi) is 4.02. The molecule has 0 radical (unpaired) electrons. The van der Waals surface area contributed by atoms with Crippen molar-refractivity contribution in [3.63, 3.8) is 0 Å². The van der Waals surface area contributed by atoms with Crippen molar-refractivity contribution in [1.82, 2.24) is 15.0 Å². The molecule has 0 saturated carbocycles. The van der Waals surface area contributed by atoms with Crippen LogP contribution >= 0.6 is 11.6 Å². The lowest BCUT2D eigenvalue weighted by atomic mass is 9.90. The summed E-state index contributed by atoms with van der Waals surface area (Å²) in [6.45, 7) is 5.81. The average molecular weight is 318 g/mol. The molecule has 0 fully saturated rings. The Hall–Kier alpha value is -1.56. The number of halogens is 4. The van der Waals surface area contributed by atoms with Gasteiger partial charge in [0.1, 0.15) is 5.69 Å². The summed E-state index contributed by atoms with van der Waals surface area (Å²) >= 11 is 5.85. The van der Waals surface area contributed by atoms with Gasteiger partial charge in [-0.2, -0.15) is 13.2 Å². The molecule has 0 atom stereocenters. The third-order valence-electron chi connectivity index (χ3n) is 3.00. The smallest absolute Gasteiger partial charge is 0.217 e. The molecule has 0 N–H and O–H groups in total. The molecule has 2 aromatic rings. The molecule has 7 heteroatoms. The predicted molar refractivity (Wildman–Crippen MR) is 74.6 cm³/mol. The van der Waals surface area contributed by atoms with Crippen molar-refractivity contribution in [2.45, 2.75) is 38.2 Å². The van der Waals surface area contributed by atoms with Crippen molar-refractivity contribution in [1.29, 1.82) is 0 Å². The summed E-state index contributed by atoms with van der Waals surface area (Å²) in [6, 6.07) is 5.01. The molecule has 0 aliphatic heterocycles. The number of aromatic nitrogens is 3. The van der Waals surface area contributed by atoms with E-state index in [-0.39, 0.29) is 11.3 Å². The molecule has 1 aromatic carbocycles. The van der Waals surface area contributed by atoms with Crippen LogP contribution in [-0.2, 0) is 17.5 Å². The summed E-state index contributed by atoms with van der Waals surface area (Å²) < 4.78 is 39.9. The van der Waals surface area contributed by atoms with Gasteiger partial charge in [-0.1, -0.05) is 32.1 Å². The molecule has 0 spiro atoms. The first kappa shape index (κ1) is 15.8. The van der Waals surface area contributed by atoms with Crippen LogP contribution in [0.25, 0.3) is 5.69 Å². The van der Waals surface area contributed by atoms with E-state index >= 15 is 0 Å². The second-order valence-corrected chi connectivity index (χ2v) is 6.00. The highest BCUT2D eigenvalue weighted by Gasteiger charge is 2.31. The maximum atomic E-state index is 12.8. The van der Waals surface area contributed by atoms with E-state index in [9.17, 15) is 13.2 Å². The number of alkyl halides is 4. The Bertz CT molecular complexity index is 642. The molecule has 1 heterocycles. The van der Waals surface area contributed by atoms with Gasteiger partial charge in [0, 0.05) is 5.41 Å². The van der Waals surface area contributed by atoms with E-state index in [4.69, 9.17) is 11.6 Å². The van der Waals surface area contributed by atoms with Gasteiger partial charge in [0.15, 0.2) is 0 Å². The van der Waals surface area contributed by atoms with Gasteiger partial charge in [-0.3, -0.25) is 0 Å². The van der Waals surface area contributed by atoms with Gasteiger partial charge in [0.25, 0.3) is 0 Å². The summed E-state index contributed by atoms with van der Waals surface area (Å²) in [7, 11) is 0. The van der Waals surface area contributed by atoms with E-state index < -0.39 is 11.7 Å². The number of hydrogen-bond acceptors (Lipinski definition) is 2. The molecule has 3 nitrogen and oxygen atoms in total. The van der Waals surface area contributed by atoms with Crippen molar-refractivity contribution in [2.75, 3.05) is 0 Å². The number of hydrogen-bond donors (Lipinski definition) is 0. The lowest BCUT2D eigenvalue weighted by Crippen LogP contribution is -2.19. The molecular formula is C14H15ClF3N3. The summed E-state index contributed by atoms with van der Waals surface area (Å²) in [4.78, 5) is 0. The molecule has 0 amide bonds. The van der Waals surface area contributed by atoms with Crippen molar-refractivity contribution in [2.24, 2.45) is 0 Å². The van der Waals surface area contributed by atoms with Crippen LogP contribution in [0.3, 0.4) is 0 Å². The molecular weight excluding hydrogens is 303 g/mol. The third kappa shape index (κ3) is 3.20. The fourth-order valence-electron chi connectivity index (χ4n) is 2.15. The molecule has 2 rings (SSSR count). The van der Waals surface area contributed by atoms with E-state index in [1.165, 1.54) is 10.7 Å². The summed E-state index contributed by atoms with van der Waals surface area (Å²) in [5.74, 6) is 0.158. The van der Waals surface area contributed by atoms with Gasteiger partial charge < -0.3 is 0 Å². The van der Waals surface area contributed by atoms with E-state index in [1.54, 1.807) is 6.07 Å². The quantitative estimate of drug-likeness (QED) is 0.772. The first-order chi connectivity index (χ1) is 9.64. The van der Waals surface area contributed by atoms with Crippen molar-refractivity contribution < 1.29 is 13.2 Å². The molecule has 0 aliphatic carbocycles. The van der Waals surface area contributed by atoms with Crippen molar-refractivity contribution in [3.8, 4) is 5.69 Å². The molecule has 0 unspecified atom stereocenters. The zero-order valence-electron chi connectivity index (χ0n) is 11.9. The molecule has 21 heavy (non-hydrogen) atoms. The molecule has 0 aliphatic rings. The van der Waals surface area contributed by atoms with E-state index in [0.717, 1.165) is 12.1 Å². The summed E-state index contributed by atoms with van der Waals surface area (Å²) in [6.07, 6.45) is -4.40. The maximum absolute atomic E-state index is 12.8. The fraction of sp³-hybridized carbons (Fsp3) is 0.429. The SMILES string of the molecule is CC(C)(C)c1c(CCl)nnn1-c1cccc(C(F)(F)F)c1. The van der Waals surface area contributed by atoms with E-state index in [1.807, 2.05) is 20.8 Å². The summed E-state index contributed by atoms with van der Waals surface area (Å²) in [5.41, 5.74) is 0.530. The predicted octanol–water partition coefficient (Wildman–Crippen LogP) is 4.32. The Morgan fingerprint density at radius 1 is 1.19 bits per heavy atom. The Morgan fingerprint density at radius 3 is 2.38 bits per heavy atom. The van der Waals surface area contributed by atoms with Crippen LogP contribution in [0.1, 0.15) is 37.7 Å². The van der Waals surface area contributed by atoms with Crippen LogP contribution in [0.5, 0.6) is 0 Å². The van der Waals surface area contributed by atoms with Crippen LogP contribution in [0.4, 0.5) is 13.2 Å². The fourth-order valence-corrected chi connectivity index (χ4v) is 2.33. The van der Waals surface area contributed by atoms with Crippen molar-refractivity contribution in [3.05, 3.63) is 41.2 Å². The third-order valence-corrected chi connectivity index (χ3v) is 3.25. The highest BCUT2D eigenvalue weighted by atomic mass is 35.5. The topological polar surface area (TPSA) is 30.7 Å². The van der Waals surface area contributed by atoms with Gasteiger partial charge in [-0.05, 0) is 18.2 Å². The second kappa shape index (κ2) is 5.33. The van der Waals surface area contributed by atoms with Gasteiger partial charge in [-0.25, -0.2) is 4.68 Å². The minimum Gasteiger partial charge on any atom is -0.217 e. The number of nitrogens with zero attached hydrogens (tertiary/aromatic N) is 3. The van der Waals surface area contributed by atoms with Gasteiger partial charge >= 0.3 is 6.18 Å². The Balaban J connectivity index is 2.61. The lowest BCUT2D eigenvalue weighted by Gasteiger charge is -2.21. The zero-order chi connectivity index (χ0) is 15.8. The Labute approximate surface area is 125 Å². The maximum Gasteiger partial charge on any atom is 0.416 e. The molecule has 114 valence electrons. The highest BCUT2D eigenvalue weighted by molar-refractivity contribution is 6.17. The van der Waals surface area contributed by atoms with Crippen molar-refractivity contribution >= 4 is 11.6 Å². The minimum atomic E-state index is -4.40. The largest absolute Gasteiger partial charge is 0.416 e. The number of benzene rings is 1. The normalized spacial score (nSPS) is 12.7. The first-order valence-electron chi connectivity index (χ1n) is 6.33. The highest BCUT2D eigenvalue weighted by Crippen LogP contribution is 2.32. The van der Waals surface area contributed by atoms with Gasteiger partial charge in [0.05, 0.1) is 22.8 Å². The van der Waals surface area contributed by atoms with E-state index in [0.29, 0.717) is 17.1 Å². The summed E-state index contributed by atoms with van der Waals surface area (Å²) in [5, 5.41) is 7.93. The second-order valence-electron chi connectivity index (χ2n) is 5.73. The van der Waals surface area contributed by atoms with Crippen LogP contribution < -0.4 is 0 Å². The first-order valence-corrected chi connectivity index (χ1v) is 6.86. The van der Waals surface area contributed by atoms with Gasteiger partial charge in [-0.15, -0.1) is 16.7 Å². The van der Waals surface area contributed by atoms with Crippen LogP contribution in [0, 0.1) is 0 Å². The van der Waals surface area contributed by atoms with Crippen LogP contribution in [0.15, 0.2) is 24.3 Å². The van der Waals surface area contributed by atoms with E-state index in [2.05, 4.69) is 10.3 Å². The minimum absolute atomic E-state index is 0.158. The monoisotopic (exact) mass is 317 g/mol. The molecule has 1 aromatic heterocycles. The molecule has 0 bridgehead atoms. The lowest BCUT2D eigenvalue weighted by molar-refractivity contribution is -0.137. The zero-order valence-corrected chi connectivity index (χ0v) is 12.6. The number of rotatable bonds is 2. The average Bonchev–Trinajstić information content (AvgIpc) is 2.81. The molecule has 0 saturated heterocycles. The van der Waals surface area contributed by atoms with Crippen LogP contribution in [-0.4, -0.2) is 15.0 Å². The standard InChI is InChI=1S/C14H15ClF3N3/c1-13(2,3)12-11(8-15)19-20-21(12)10-6-4-5-9(7-10)14(16,17)18/h4-7H,8H2,1-3H3. The van der Waals surface area contributed by atoms with Gasteiger partial charge in [0.2, 0.25) is 0 Å². The van der Waals surface area contributed by atoms with Crippen LogP contribution in [0.2, 0.25) is 0 Å². The Morgan fingerprint density at radius 2 is 1.86 bits per heavy atom.